The summed E-state index contributed by atoms with van der Waals surface area (Å²) in [6.45, 7) is 5.02. The minimum atomic E-state index is 0.304. The zero-order valence-corrected chi connectivity index (χ0v) is 15.8. The van der Waals surface area contributed by atoms with Crippen molar-refractivity contribution in [2.24, 2.45) is 4.99 Å². The van der Waals surface area contributed by atoms with E-state index < -0.39 is 0 Å². The van der Waals surface area contributed by atoms with E-state index in [2.05, 4.69) is 27.0 Å². The molecule has 142 valence electrons. The van der Waals surface area contributed by atoms with Gasteiger partial charge in [-0.15, -0.1) is 0 Å². The van der Waals surface area contributed by atoms with E-state index in [0.717, 1.165) is 67.7 Å². The fraction of sp³-hybridized carbons (Fsp3) is 0.450. The van der Waals surface area contributed by atoms with Gasteiger partial charge in [-0.25, -0.2) is 9.98 Å². The number of amidine groups is 1. The predicted molar refractivity (Wildman–Crippen MR) is 104 cm³/mol. The van der Waals surface area contributed by atoms with Crippen LogP contribution in [0.25, 0.3) is 0 Å². The number of fused-ring (bicyclic) bond motifs is 1. The number of nitrogens with one attached hydrogen (secondary N) is 2. The monoisotopic (exact) mass is 367 g/mol. The largest absolute Gasteiger partial charge is 0.497 e. The van der Waals surface area contributed by atoms with Gasteiger partial charge >= 0.3 is 0 Å². The Balaban J connectivity index is 1.66. The van der Waals surface area contributed by atoms with Crippen LogP contribution in [0.15, 0.2) is 23.2 Å². The molecule has 1 aromatic heterocycles. The van der Waals surface area contributed by atoms with E-state index >= 15 is 0 Å². The van der Waals surface area contributed by atoms with E-state index in [1.807, 2.05) is 13.0 Å². The van der Waals surface area contributed by atoms with E-state index in [1.54, 1.807) is 7.11 Å². The molecule has 2 aliphatic heterocycles. The Morgan fingerprint density at radius 1 is 1.44 bits per heavy atom. The molecule has 4 rings (SSSR count). The number of hydrogen-bond acceptors (Lipinski definition) is 4. The normalized spacial score (nSPS) is 19.9. The van der Waals surface area contributed by atoms with Gasteiger partial charge in [0.25, 0.3) is 0 Å². The number of aromatic nitrogens is 2. The zero-order valence-electron chi connectivity index (χ0n) is 15.8. The van der Waals surface area contributed by atoms with Crippen molar-refractivity contribution < 1.29 is 9.47 Å². The van der Waals surface area contributed by atoms with Gasteiger partial charge in [-0.1, -0.05) is 6.07 Å². The number of imidazole rings is 1. The average Bonchev–Trinajstić information content (AvgIpc) is 3.34. The molecule has 0 saturated carbocycles. The summed E-state index contributed by atoms with van der Waals surface area (Å²) >= 11 is 0. The molecule has 2 aromatic rings. The highest BCUT2D eigenvalue weighted by atomic mass is 16.5. The molecule has 0 spiro atoms. The number of methoxy groups -OCH3 is 1. The first-order valence-corrected chi connectivity index (χ1v) is 9.31. The maximum Gasteiger partial charge on any atom is 0.158 e. The lowest BCUT2D eigenvalue weighted by Crippen LogP contribution is -2.37. The van der Waals surface area contributed by atoms with Crippen molar-refractivity contribution in [2.45, 2.75) is 32.2 Å². The summed E-state index contributed by atoms with van der Waals surface area (Å²) in [6, 6.07) is 6.22. The van der Waals surface area contributed by atoms with Crippen LogP contribution in [0.5, 0.6) is 5.75 Å². The highest BCUT2D eigenvalue weighted by Crippen LogP contribution is 2.29. The maximum atomic E-state index is 7.57. The van der Waals surface area contributed by atoms with Gasteiger partial charge in [0.1, 0.15) is 23.6 Å². The number of ether oxygens (including phenoxy) is 2. The molecule has 1 aromatic carbocycles. The van der Waals surface area contributed by atoms with E-state index in [9.17, 15) is 0 Å². The number of rotatable bonds is 4. The SMILES string of the molecule is COc1ccc2c(c1)CCN(C(=NC=N)c1nc(C)[nH]c1[C@H]1CCOC1)C2. The summed E-state index contributed by atoms with van der Waals surface area (Å²) in [5.41, 5.74) is 4.50. The Morgan fingerprint density at radius 3 is 3.07 bits per heavy atom. The second kappa shape index (κ2) is 7.52. The zero-order chi connectivity index (χ0) is 18.8. The second-order valence-electron chi connectivity index (χ2n) is 7.03. The first kappa shape index (κ1) is 17.7. The first-order valence-electron chi connectivity index (χ1n) is 9.31. The standard InChI is InChI=1S/C20H25N5O2/c1-13-23-18(16-6-8-27-11-16)19(24-13)20(22-12-21)25-7-5-14-9-17(26-2)4-3-15(14)10-25/h3-4,9,12,16,21H,5-8,10-11H2,1-2H3,(H,23,24)/t16-/m0/s1. The number of aliphatic imine (C=N–C) groups is 1. The fourth-order valence-electron chi connectivity index (χ4n) is 3.93. The topological polar surface area (TPSA) is 86.6 Å². The number of H-pyrrole nitrogens is 1. The van der Waals surface area contributed by atoms with Crippen molar-refractivity contribution >= 4 is 12.2 Å². The number of nitrogens with zero attached hydrogens (tertiary/aromatic N) is 3. The summed E-state index contributed by atoms with van der Waals surface area (Å²) in [4.78, 5) is 14.8. The minimum absolute atomic E-state index is 0.304. The molecule has 2 aliphatic rings. The van der Waals surface area contributed by atoms with Gasteiger partial charge < -0.3 is 19.4 Å². The maximum absolute atomic E-state index is 7.57. The lowest BCUT2D eigenvalue weighted by Gasteiger charge is -2.31. The third-order valence-electron chi connectivity index (χ3n) is 5.31. The van der Waals surface area contributed by atoms with Gasteiger partial charge in [-0.2, -0.15) is 0 Å². The average molecular weight is 367 g/mol. The van der Waals surface area contributed by atoms with Gasteiger partial charge in [-0.05, 0) is 43.0 Å². The molecule has 3 heterocycles. The van der Waals surface area contributed by atoms with Crippen LogP contribution in [0.1, 0.15) is 40.7 Å². The summed E-state index contributed by atoms with van der Waals surface area (Å²) in [7, 11) is 1.69. The Hall–Kier alpha value is -2.67. The van der Waals surface area contributed by atoms with Crippen molar-refractivity contribution in [3.05, 3.63) is 46.5 Å². The van der Waals surface area contributed by atoms with E-state index in [-0.39, 0.29) is 0 Å². The lowest BCUT2D eigenvalue weighted by atomic mass is 9.98. The van der Waals surface area contributed by atoms with Gasteiger partial charge in [0, 0.05) is 25.6 Å². The third kappa shape index (κ3) is 3.47. The van der Waals surface area contributed by atoms with Gasteiger partial charge in [0.05, 0.1) is 19.4 Å². The minimum Gasteiger partial charge on any atom is -0.497 e. The molecule has 27 heavy (non-hydrogen) atoms. The fourth-order valence-corrected chi connectivity index (χ4v) is 3.93. The van der Waals surface area contributed by atoms with Crippen LogP contribution >= 0.6 is 0 Å². The molecule has 1 saturated heterocycles. The second-order valence-corrected chi connectivity index (χ2v) is 7.03. The quantitative estimate of drug-likeness (QED) is 0.642. The summed E-state index contributed by atoms with van der Waals surface area (Å²) < 4.78 is 10.9. The summed E-state index contributed by atoms with van der Waals surface area (Å²) in [5.74, 6) is 2.82. The molecule has 7 nitrogen and oxygen atoms in total. The van der Waals surface area contributed by atoms with Gasteiger partial charge in [-0.3, -0.25) is 5.41 Å². The Labute approximate surface area is 158 Å². The Kier molecular flexibility index (Phi) is 4.94. The van der Waals surface area contributed by atoms with Crippen molar-refractivity contribution in [3.63, 3.8) is 0 Å². The van der Waals surface area contributed by atoms with Crippen molar-refractivity contribution in [2.75, 3.05) is 26.9 Å². The van der Waals surface area contributed by atoms with E-state index in [4.69, 9.17) is 19.9 Å². The van der Waals surface area contributed by atoms with Crippen LogP contribution in [-0.4, -0.2) is 53.9 Å². The molecule has 2 N–H and O–H groups in total. The van der Waals surface area contributed by atoms with Crippen LogP contribution in [0.3, 0.4) is 0 Å². The molecule has 1 fully saturated rings. The molecule has 0 bridgehead atoms. The molecule has 0 amide bonds. The number of aryl methyl sites for hydroxylation is 1. The third-order valence-corrected chi connectivity index (χ3v) is 5.31. The summed E-state index contributed by atoms with van der Waals surface area (Å²) in [5, 5.41) is 7.57. The van der Waals surface area contributed by atoms with Gasteiger partial charge in [0.2, 0.25) is 0 Å². The van der Waals surface area contributed by atoms with Crippen molar-refractivity contribution in [3.8, 4) is 5.75 Å². The van der Waals surface area contributed by atoms with Crippen molar-refractivity contribution in [1.29, 1.82) is 5.41 Å². The van der Waals surface area contributed by atoms with E-state index in [1.165, 1.54) is 11.1 Å². The first-order chi connectivity index (χ1) is 13.2. The van der Waals surface area contributed by atoms with Crippen molar-refractivity contribution in [1.82, 2.24) is 14.9 Å². The van der Waals surface area contributed by atoms with Crippen LogP contribution in [0.4, 0.5) is 0 Å². The molecular weight excluding hydrogens is 342 g/mol. The van der Waals surface area contributed by atoms with Crippen LogP contribution in [0.2, 0.25) is 0 Å². The molecule has 7 heteroatoms. The van der Waals surface area contributed by atoms with Gasteiger partial charge in [0.15, 0.2) is 5.84 Å². The Morgan fingerprint density at radius 2 is 2.33 bits per heavy atom. The Bertz CT molecular complexity index is 867. The van der Waals surface area contributed by atoms with Crippen LogP contribution in [0, 0.1) is 12.3 Å². The molecular formula is C20H25N5O2. The molecule has 0 unspecified atom stereocenters. The highest BCUT2D eigenvalue weighted by molar-refractivity contribution is 6.01. The van der Waals surface area contributed by atoms with Crippen LogP contribution in [-0.2, 0) is 17.7 Å². The molecule has 1 atom stereocenters. The lowest BCUT2D eigenvalue weighted by molar-refractivity contribution is 0.193. The number of hydrogen-bond donors (Lipinski definition) is 2. The number of aromatic amines is 1. The predicted octanol–water partition coefficient (Wildman–Crippen LogP) is 2.64. The van der Waals surface area contributed by atoms with Crippen LogP contribution < -0.4 is 4.74 Å². The smallest absolute Gasteiger partial charge is 0.158 e. The molecule has 0 aliphatic carbocycles. The highest BCUT2D eigenvalue weighted by Gasteiger charge is 2.29. The molecule has 0 radical (unpaired) electrons. The number of benzene rings is 1. The van der Waals surface area contributed by atoms with E-state index in [0.29, 0.717) is 12.5 Å². The summed E-state index contributed by atoms with van der Waals surface area (Å²) in [6.07, 6.45) is 3.00.